The minimum absolute atomic E-state index is 0.334. The van der Waals surface area contributed by atoms with Crippen molar-refractivity contribution in [2.45, 2.75) is 27.2 Å². The van der Waals surface area contributed by atoms with E-state index in [0.29, 0.717) is 23.7 Å². The first-order valence-corrected chi connectivity index (χ1v) is 5.45. The predicted molar refractivity (Wildman–Crippen MR) is 65.4 cm³/mol. The lowest BCUT2D eigenvalue weighted by Crippen LogP contribution is -2.12. The standard InChI is InChI=1S/C14H18O2/c1-10(2)8-12(4)14(15)16-13-7-5-6-11(3)9-13/h5-7,9-10H,4,8H2,1-3H3. The molecule has 1 rings (SSSR count). The van der Waals surface area contributed by atoms with Gasteiger partial charge in [-0.1, -0.05) is 32.6 Å². The van der Waals surface area contributed by atoms with Gasteiger partial charge in [-0.05, 0) is 37.0 Å². The summed E-state index contributed by atoms with van der Waals surface area (Å²) < 4.78 is 5.22. The van der Waals surface area contributed by atoms with Crippen molar-refractivity contribution in [3.05, 3.63) is 42.0 Å². The minimum atomic E-state index is -0.334. The van der Waals surface area contributed by atoms with Gasteiger partial charge in [-0.25, -0.2) is 4.79 Å². The summed E-state index contributed by atoms with van der Waals surface area (Å²) in [6.07, 6.45) is 0.671. The second-order valence-corrected chi connectivity index (χ2v) is 4.41. The smallest absolute Gasteiger partial charge is 0.338 e. The maximum atomic E-state index is 11.6. The van der Waals surface area contributed by atoms with Crippen LogP contribution in [0.4, 0.5) is 0 Å². The maximum absolute atomic E-state index is 11.6. The van der Waals surface area contributed by atoms with Crippen LogP contribution < -0.4 is 4.74 Å². The van der Waals surface area contributed by atoms with Gasteiger partial charge in [-0.2, -0.15) is 0 Å². The molecule has 2 heteroatoms. The van der Waals surface area contributed by atoms with Crippen LogP contribution in [0.25, 0.3) is 0 Å². The molecule has 0 aliphatic rings. The van der Waals surface area contributed by atoms with E-state index in [1.807, 2.05) is 39.0 Å². The zero-order valence-corrected chi connectivity index (χ0v) is 10.1. The molecule has 1 aromatic rings. The summed E-state index contributed by atoms with van der Waals surface area (Å²) in [6, 6.07) is 7.43. The Labute approximate surface area is 96.9 Å². The van der Waals surface area contributed by atoms with Gasteiger partial charge < -0.3 is 4.74 Å². The molecule has 0 fully saturated rings. The third-order valence-corrected chi connectivity index (χ3v) is 2.14. The summed E-state index contributed by atoms with van der Waals surface area (Å²) in [6.45, 7) is 9.79. The van der Waals surface area contributed by atoms with E-state index in [1.165, 1.54) is 0 Å². The predicted octanol–water partition coefficient (Wildman–Crippen LogP) is 3.50. The van der Waals surface area contributed by atoms with E-state index in [-0.39, 0.29) is 5.97 Å². The van der Waals surface area contributed by atoms with Crippen molar-refractivity contribution in [1.82, 2.24) is 0 Å². The highest BCUT2D eigenvalue weighted by atomic mass is 16.5. The summed E-state index contributed by atoms with van der Waals surface area (Å²) in [4.78, 5) is 11.6. The molecule has 2 nitrogen and oxygen atoms in total. The van der Waals surface area contributed by atoms with Crippen molar-refractivity contribution >= 4 is 5.97 Å². The molecule has 16 heavy (non-hydrogen) atoms. The Kier molecular flexibility index (Phi) is 4.29. The largest absolute Gasteiger partial charge is 0.423 e. The van der Waals surface area contributed by atoms with Crippen LogP contribution >= 0.6 is 0 Å². The highest BCUT2D eigenvalue weighted by Gasteiger charge is 2.11. The minimum Gasteiger partial charge on any atom is -0.423 e. The molecule has 0 amide bonds. The fourth-order valence-electron chi connectivity index (χ4n) is 1.43. The molecule has 0 saturated heterocycles. The van der Waals surface area contributed by atoms with Crippen molar-refractivity contribution in [2.24, 2.45) is 5.92 Å². The third-order valence-electron chi connectivity index (χ3n) is 2.14. The number of carbonyl (C=O) groups is 1. The summed E-state index contributed by atoms with van der Waals surface area (Å²) in [7, 11) is 0. The van der Waals surface area contributed by atoms with E-state index < -0.39 is 0 Å². The first-order chi connectivity index (χ1) is 7.49. The third kappa shape index (κ3) is 3.89. The monoisotopic (exact) mass is 218 g/mol. The first-order valence-electron chi connectivity index (χ1n) is 5.45. The molecule has 0 aromatic heterocycles. The van der Waals surface area contributed by atoms with Crippen LogP contribution in [0.5, 0.6) is 5.75 Å². The average Bonchev–Trinajstić information content (AvgIpc) is 2.16. The lowest BCUT2D eigenvalue weighted by molar-refractivity contribution is -0.130. The van der Waals surface area contributed by atoms with E-state index >= 15 is 0 Å². The molecule has 1 aromatic carbocycles. The molecule has 0 radical (unpaired) electrons. The second kappa shape index (κ2) is 5.50. The van der Waals surface area contributed by atoms with Gasteiger partial charge in [0.2, 0.25) is 0 Å². The van der Waals surface area contributed by atoms with Crippen LogP contribution in [0.3, 0.4) is 0 Å². The van der Waals surface area contributed by atoms with Crippen molar-refractivity contribution in [3.8, 4) is 5.75 Å². The Morgan fingerprint density at radius 2 is 2.12 bits per heavy atom. The quantitative estimate of drug-likeness (QED) is 0.439. The Hall–Kier alpha value is -1.57. The second-order valence-electron chi connectivity index (χ2n) is 4.41. The van der Waals surface area contributed by atoms with Gasteiger partial charge in [-0.3, -0.25) is 0 Å². The van der Waals surface area contributed by atoms with E-state index in [1.54, 1.807) is 6.07 Å². The van der Waals surface area contributed by atoms with Gasteiger partial charge in [-0.15, -0.1) is 0 Å². The molecular formula is C14H18O2. The van der Waals surface area contributed by atoms with E-state index in [4.69, 9.17) is 4.74 Å². The number of benzene rings is 1. The van der Waals surface area contributed by atoms with Crippen LogP contribution in [0, 0.1) is 12.8 Å². The van der Waals surface area contributed by atoms with Gasteiger partial charge in [0.15, 0.2) is 0 Å². The van der Waals surface area contributed by atoms with Crippen LogP contribution in [0.2, 0.25) is 0 Å². The molecule has 0 unspecified atom stereocenters. The molecule has 0 atom stereocenters. The SMILES string of the molecule is C=C(CC(C)C)C(=O)Oc1cccc(C)c1. The van der Waals surface area contributed by atoms with Crippen molar-refractivity contribution in [2.75, 3.05) is 0 Å². The molecule has 0 saturated carbocycles. The Bertz CT molecular complexity index is 391. The zero-order chi connectivity index (χ0) is 12.1. The molecule has 0 spiro atoms. The fourth-order valence-corrected chi connectivity index (χ4v) is 1.43. The van der Waals surface area contributed by atoms with Crippen LogP contribution in [0.1, 0.15) is 25.8 Å². The summed E-state index contributed by atoms with van der Waals surface area (Å²) in [5.41, 5.74) is 1.59. The Morgan fingerprint density at radius 3 is 2.69 bits per heavy atom. The summed E-state index contributed by atoms with van der Waals surface area (Å²) in [5, 5.41) is 0. The number of hydrogen-bond acceptors (Lipinski definition) is 2. The number of esters is 1. The van der Waals surface area contributed by atoms with Crippen LogP contribution in [-0.4, -0.2) is 5.97 Å². The molecule has 0 aliphatic heterocycles. The number of ether oxygens (including phenoxy) is 1. The van der Waals surface area contributed by atoms with E-state index in [2.05, 4.69) is 6.58 Å². The van der Waals surface area contributed by atoms with Gasteiger partial charge in [0.1, 0.15) is 5.75 Å². The zero-order valence-electron chi connectivity index (χ0n) is 10.1. The fraction of sp³-hybridized carbons (Fsp3) is 0.357. The Balaban J connectivity index is 2.61. The van der Waals surface area contributed by atoms with Crippen molar-refractivity contribution in [3.63, 3.8) is 0 Å². The highest BCUT2D eigenvalue weighted by Crippen LogP contribution is 2.16. The Morgan fingerprint density at radius 1 is 1.44 bits per heavy atom. The van der Waals surface area contributed by atoms with E-state index in [0.717, 1.165) is 5.56 Å². The topological polar surface area (TPSA) is 26.3 Å². The van der Waals surface area contributed by atoms with Crippen LogP contribution in [0.15, 0.2) is 36.4 Å². The van der Waals surface area contributed by atoms with Gasteiger partial charge in [0.25, 0.3) is 0 Å². The molecule has 86 valence electrons. The lowest BCUT2D eigenvalue weighted by atomic mass is 10.1. The number of rotatable bonds is 4. The van der Waals surface area contributed by atoms with Gasteiger partial charge in [0, 0.05) is 5.57 Å². The van der Waals surface area contributed by atoms with Gasteiger partial charge >= 0.3 is 5.97 Å². The normalized spacial score (nSPS) is 10.2. The molecule has 0 heterocycles. The first kappa shape index (κ1) is 12.5. The van der Waals surface area contributed by atoms with Crippen molar-refractivity contribution < 1.29 is 9.53 Å². The number of hydrogen-bond donors (Lipinski definition) is 0. The number of carbonyl (C=O) groups excluding carboxylic acids is 1. The lowest BCUT2D eigenvalue weighted by Gasteiger charge is -2.08. The van der Waals surface area contributed by atoms with Crippen LogP contribution in [-0.2, 0) is 4.79 Å². The molecular weight excluding hydrogens is 200 g/mol. The van der Waals surface area contributed by atoms with Crippen molar-refractivity contribution in [1.29, 1.82) is 0 Å². The van der Waals surface area contributed by atoms with E-state index in [9.17, 15) is 4.79 Å². The number of aryl methyl sites for hydroxylation is 1. The summed E-state index contributed by atoms with van der Waals surface area (Å²) >= 11 is 0. The highest BCUT2D eigenvalue weighted by molar-refractivity contribution is 5.89. The molecule has 0 bridgehead atoms. The summed E-state index contributed by atoms with van der Waals surface area (Å²) in [5.74, 6) is 0.659. The maximum Gasteiger partial charge on any atom is 0.338 e. The van der Waals surface area contributed by atoms with Gasteiger partial charge in [0.05, 0.1) is 0 Å². The molecule has 0 N–H and O–H groups in total. The molecule has 0 aliphatic carbocycles. The average molecular weight is 218 g/mol.